The van der Waals surface area contributed by atoms with Gasteiger partial charge in [-0.2, -0.15) is 4.52 Å². The largest absolute Gasteiger partial charge is 0.378 e. The molecule has 42 heavy (non-hydrogen) atoms. The number of rotatable bonds is 7. The molecule has 4 heterocycles. The predicted octanol–water partition coefficient (Wildman–Crippen LogP) is 6.18. The summed E-state index contributed by atoms with van der Waals surface area (Å²) in [5.74, 6) is 0.222. The maximum Gasteiger partial charge on any atom is 0.258 e. The van der Waals surface area contributed by atoms with Crippen LogP contribution in [0.1, 0.15) is 78.8 Å². The number of aryl methyl sites for hydroxylation is 1. The number of benzene rings is 1. The average molecular weight is 573 g/mol. The van der Waals surface area contributed by atoms with Crippen LogP contribution >= 0.6 is 0 Å². The van der Waals surface area contributed by atoms with Gasteiger partial charge in [-0.3, -0.25) is 9.78 Å². The molecule has 10 heteroatoms. The first-order chi connectivity index (χ1) is 20.4. The zero-order valence-corrected chi connectivity index (χ0v) is 23.9. The van der Waals surface area contributed by atoms with E-state index in [2.05, 4.69) is 15.2 Å². The van der Waals surface area contributed by atoms with Crippen LogP contribution in [0.15, 0.2) is 36.5 Å². The Hall–Kier alpha value is -3.92. The molecule has 0 atom stereocenters. The number of nitrogens with one attached hydrogen (secondary N) is 1. The van der Waals surface area contributed by atoms with E-state index < -0.39 is 17.5 Å². The van der Waals surface area contributed by atoms with E-state index in [4.69, 9.17) is 14.8 Å². The highest BCUT2D eigenvalue weighted by Crippen LogP contribution is 2.46. The Balaban J connectivity index is 1.25. The van der Waals surface area contributed by atoms with Crippen molar-refractivity contribution in [1.29, 1.82) is 0 Å². The van der Waals surface area contributed by atoms with Gasteiger partial charge in [0.25, 0.3) is 5.91 Å². The molecule has 0 bridgehead atoms. The lowest BCUT2D eigenvalue weighted by Crippen LogP contribution is -2.37. The zero-order valence-electron chi connectivity index (χ0n) is 23.9. The standard InChI is InChI=1S/C32H34F2N6O2/c1-3-32(8-4-9-32)29-28(34)22(7-10-35-29)31(41)36-25-18-23(19(2)15-24(25)33)21-16-26-37-30(20-5-6-20)38-40(26)27(17-21)39-11-13-42-14-12-39/h7,10,15-18,20H,3-6,8-9,11-14H2,1-2H3,(H,36,41). The lowest BCUT2D eigenvalue weighted by atomic mass is 9.64. The van der Waals surface area contributed by atoms with Crippen LogP contribution < -0.4 is 10.2 Å². The van der Waals surface area contributed by atoms with Crippen molar-refractivity contribution in [1.82, 2.24) is 19.6 Å². The topological polar surface area (TPSA) is 84.7 Å². The molecule has 1 aliphatic heterocycles. The predicted molar refractivity (Wildman–Crippen MR) is 156 cm³/mol. The van der Waals surface area contributed by atoms with Crippen molar-refractivity contribution in [3.05, 3.63) is 70.8 Å². The monoisotopic (exact) mass is 572 g/mol. The van der Waals surface area contributed by atoms with Gasteiger partial charge in [-0.25, -0.2) is 13.8 Å². The Morgan fingerprint density at radius 3 is 2.62 bits per heavy atom. The SMILES string of the molecule is CCC1(c2nccc(C(=O)Nc3cc(-c4cc(N5CCOCC5)n5nc(C6CC6)nc5c4)c(C)cc3F)c2F)CCC1. The number of anilines is 2. The molecule has 2 saturated carbocycles. The quantitative estimate of drug-likeness (QED) is 0.285. The van der Waals surface area contributed by atoms with Crippen molar-refractivity contribution in [2.75, 3.05) is 36.5 Å². The van der Waals surface area contributed by atoms with E-state index in [1.807, 2.05) is 30.5 Å². The van der Waals surface area contributed by atoms with Crippen LogP contribution in [-0.2, 0) is 10.2 Å². The zero-order chi connectivity index (χ0) is 29.0. The molecule has 218 valence electrons. The maximum atomic E-state index is 15.6. The molecule has 1 N–H and O–H groups in total. The number of hydrogen-bond donors (Lipinski definition) is 1. The fourth-order valence-corrected chi connectivity index (χ4v) is 6.29. The van der Waals surface area contributed by atoms with Crippen LogP contribution in [0, 0.1) is 18.6 Å². The molecule has 4 aromatic rings. The second-order valence-corrected chi connectivity index (χ2v) is 11.8. The molecule has 1 aromatic carbocycles. The van der Waals surface area contributed by atoms with E-state index in [9.17, 15) is 4.79 Å². The second kappa shape index (κ2) is 10.4. The third-order valence-electron chi connectivity index (χ3n) is 9.21. The number of amides is 1. The third kappa shape index (κ3) is 4.62. The Morgan fingerprint density at radius 2 is 1.93 bits per heavy atom. The molecule has 8 nitrogen and oxygen atoms in total. The van der Waals surface area contributed by atoms with Gasteiger partial charge >= 0.3 is 0 Å². The first-order valence-corrected chi connectivity index (χ1v) is 14.9. The lowest BCUT2D eigenvalue weighted by molar-refractivity contribution is 0.102. The molecule has 3 aliphatic rings. The van der Waals surface area contributed by atoms with Crippen LogP contribution in [0.3, 0.4) is 0 Å². The molecule has 0 unspecified atom stereocenters. The number of carbonyl (C=O) groups excluding carboxylic acids is 1. The van der Waals surface area contributed by atoms with Gasteiger partial charge in [0, 0.05) is 30.6 Å². The summed E-state index contributed by atoms with van der Waals surface area (Å²) in [5.41, 5.74) is 2.86. The molecular formula is C32H34F2N6O2. The molecule has 3 fully saturated rings. The summed E-state index contributed by atoms with van der Waals surface area (Å²) in [6.45, 7) is 6.53. The van der Waals surface area contributed by atoms with E-state index in [-0.39, 0.29) is 16.7 Å². The number of hydrogen-bond acceptors (Lipinski definition) is 6. The minimum atomic E-state index is -0.702. The van der Waals surface area contributed by atoms with Gasteiger partial charge in [-0.1, -0.05) is 13.3 Å². The average Bonchev–Trinajstić information content (AvgIpc) is 3.73. The molecule has 2 aliphatic carbocycles. The smallest absolute Gasteiger partial charge is 0.258 e. The van der Waals surface area contributed by atoms with Crippen molar-refractivity contribution >= 4 is 23.1 Å². The first kappa shape index (κ1) is 26.9. The maximum absolute atomic E-state index is 15.6. The van der Waals surface area contributed by atoms with Gasteiger partial charge in [0.15, 0.2) is 17.3 Å². The van der Waals surface area contributed by atoms with Crippen molar-refractivity contribution in [3.8, 4) is 11.1 Å². The molecule has 3 aromatic heterocycles. The van der Waals surface area contributed by atoms with Crippen LogP contribution in [0.25, 0.3) is 16.8 Å². The van der Waals surface area contributed by atoms with Crippen LogP contribution in [-0.4, -0.2) is 51.8 Å². The van der Waals surface area contributed by atoms with Gasteiger partial charge in [-0.05, 0) is 86.1 Å². The summed E-state index contributed by atoms with van der Waals surface area (Å²) in [5, 5.41) is 7.46. The van der Waals surface area contributed by atoms with Crippen LogP contribution in [0.5, 0.6) is 0 Å². The van der Waals surface area contributed by atoms with Crippen molar-refractivity contribution in [3.63, 3.8) is 0 Å². The van der Waals surface area contributed by atoms with Crippen molar-refractivity contribution < 1.29 is 18.3 Å². The van der Waals surface area contributed by atoms with Crippen molar-refractivity contribution in [2.45, 2.75) is 63.7 Å². The van der Waals surface area contributed by atoms with E-state index in [0.29, 0.717) is 30.4 Å². The number of morpholine rings is 1. The highest BCUT2D eigenvalue weighted by atomic mass is 19.1. The highest BCUT2D eigenvalue weighted by Gasteiger charge is 2.41. The Bertz CT molecular complexity index is 1680. The summed E-state index contributed by atoms with van der Waals surface area (Å²) in [6.07, 6.45) is 7.11. The number of fused-ring (bicyclic) bond motifs is 1. The second-order valence-electron chi connectivity index (χ2n) is 11.8. The summed E-state index contributed by atoms with van der Waals surface area (Å²) >= 11 is 0. The lowest BCUT2D eigenvalue weighted by Gasteiger charge is -2.41. The number of aromatic nitrogens is 4. The number of halogens is 2. The molecule has 1 saturated heterocycles. The van der Waals surface area contributed by atoms with Gasteiger partial charge < -0.3 is 15.0 Å². The minimum Gasteiger partial charge on any atom is -0.378 e. The van der Waals surface area contributed by atoms with E-state index in [1.165, 1.54) is 18.3 Å². The number of carbonyl (C=O) groups is 1. The number of nitrogens with zero attached hydrogens (tertiary/aromatic N) is 5. The third-order valence-corrected chi connectivity index (χ3v) is 9.21. The Kier molecular flexibility index (Phi) is 6.68. The summed E-state index contributed by atoms with van der Waals surface area (Å²) in [4.78, 5) is 24.7. The highest BCUT2D eigenvalue weighted by molar-refractivity contribution is 6.05. The minimum absolute atomic E-state index is 0.0138. The molecule has 1 amide bonds. The summed E-state index contributed by atoms with van der Waals surface area (Å²) in [6, 6.07) is 8.36. The Labute approximate surface area is 243 Å². The summed E-state index contributed by atoms with van der Waals surface area (Å²) < 4.78 is 38.3. The van der Waals surface area contributed by atoms with E-state index in [0.717, 1.165) is 80.0 Å². The van der Waals surface area contributed by atoms with Gasteiger partial charge in [0.2, 0.25) is 0 Å². The molecule has 0 spiro atoms. The Morgan fingerprint density at radius 1 is 1.14 bits per heavy atom. The van der Waals surface area contributed by atoms with Crippen LogP contribution in [0.4, 0.5) is 20.3 Å². The van der Waals surface area contributed by atoms with Gasteiger partial charge in [0.1, 0.15) is 11.6 Å². The van der Waals surface area contributed by atoms with Gasteiger partial charge in [0.05, 0.1) is 30.2 Å². The van der Waals surface area contributed by atoms with Crippen LogP contribution in [0.2, 0.25) is 0 Å². The van der Waals surface area contributed by atoms with Crippen molar-refractivity contribution in [2.24, 2.45) is 0 Å². The normalized spacial score (nSPS) is 18.2. The molecular weight excluding hydrogens is 538 g/mol. The van der Waals surface area contributed by atoms with Gasteiger partial charge in [-0.15, -0.1) is 5.10 Å². The number of pyridine rings is 2. The fourth-order valence-electron chi connectivity index (χ4n) is 6.29. The number of ether oxygens (including phenoxy) is 1. The first-order valence-electron chi connectivity index (χ1n) is 14.9. The van der Waals surface area contributed by atoms with E-state index in [1.54, 1.807) is 6.07 Å². The fraction of sp³-hybridized carbons (Fsp3) is 0.438. The van der Waals surface area contributed by atoms with E-state index >= 15 is 8.78 Å². The molecule has 0 radical (unpaired) electrons. The summed E-state index contributed by atoms with van der Waals surface area (Å²) in [7, 11) is 0. The molecule has 7 rings (SSSR count).